The first-order valence-electron chi connectivity index (χ1n) is 9.87. The normalized spacial score (nSPS) is 23.6. The Balaban J connectivity index is 1.48. The van der Waals surface area contributed by atoms with Crippen LogP contribution in [0.5, 0.6) is 0 Å². The summed E-state index contributed by atoms with van der Waals surface area (Å²) in [6, 6.07) is 1.71. The average molecular weight is 295 g/mol. The van der Waals surface area contributed by atoms with Crippen molar-refractivity contribution in [2.75, 3.05) is 19.6 Å². The van der Waals surface area contributed by atoms with Crippen molar-refractivity contribution in [3.63, 3.8) is 0 Å². The number of unbranched alkanes of at least 4 members (excludes halogenated alkanes) is 7. The summed E-state index contributed by atoms with van der Waals surface area (Å²) in [5, 5.41) is 3.74. The molecule has 0 bridgehead atoms. The first-order valence-corrected chi connectivity index (χ1v) is 9.87. The van der Waals surface area contributed by atoms with E-state index in [9.17, 15) is 0 Å². The first kappa shape index (κ1) is 17.3. The maximum Gasteiger partial charge on any atom is 0.0220 e. The lowest BCUT2D eigenvalue weighted by Crippen LogP contribution is -2.46. The predicted octanol–water partition coefficient (Wildman–Crippen LogP) is 4.73. The van der Waals surface area contributed by atoms with Gasteiger partial charge >= 0.3 is 0 Å². The zero-order valence-electron chi connectivity index (χ0n) is 14.4. The molecule has 1 aliphatic heterocycles. The molecule has 1 aliphatic carbocycles. The maximum absolute atomic E-state index is 3.74. The summed E-state index contributed by atoms with van der Waals surface area (Å²) in [4.78, 5) is 2.79. The fourth-order valence-electron chi connectivity index (χ4n) is 3.62. The molecule has 0 amide bonds. The van der Waals surface area contributed by atoms with Gasteiger partial charge in [-0.1, -0.05) is 58.3 Å². The van der Waals surface area contributed by atoms with Gasteiger partial charge in [-0.2, -0.15) is 0 Å². The largest absolute Gasteiger partial charge is 0.312 e. The highest BCUT2D eigenvalue weighted by Gasteiger charge is 2.25. The molecule has 2 heteroatoms. The highest BCUT2D eigenvalue weighted by molar-refractivity contribution is 4.85. The van der Waals surface area contributed by atoms with Crippen LogP contribution in [0.1, 0.15) is 90.4 Å². The monoisotopic (exact) mass is 294 g/mol. The Labute approximate surface area is 133 Å². The molecule has 0 aromatic heterocycles. The summed E-state index contributed by atoms with van der Waals surface area (Å²) in [6.07, 6.45) is 18.7. The minimum absolute atomic E-state index is 0.837. The van der Waals surface area contributed by atoms with E-state index in [0.717, 1.165) is 12.1 Å². The number of nitrogens with zero attached hydrogens (tertiary/aromatic N) is 1. The Kier molecular flexibility index (Phi) is 8.73. The van der Waals surface area contributed by atoms with Gasteiger partial charge in [-0.25, -0.2) is 0 Å². The lowest BCUT2D eigenvalue weighted by atomic mass is 10.0. The average Bonchev–Trinajstić information content (AvgIpc) is 3.33. The number of rotatable bonds is 12. The van der Waals surface area contributed by atoms with Crippen molar-refractivity contribution >= 4 is 0 Å². The second kappa shape index (κ2) is 10.6. The molecule has 1 saturated heterocycles. The van der Waals surface area contributed by atoms with Gasteiger partial charge in [0.25, 0.3) is 0 Å². The molecular weight excluding hydrogens is 256 g/mol. The summed E-state index contributed by atoms with van der Waals surface area (Å²) in [6.45, 7) is 6.26. The Bertz CT molecular complexity index is 250. The van der Waals surface area contributed by atoms with E-state index in [0.29, 0.717) is 0 Å². The third kappa shape index (κ3) is 7.65. The fraction of sp³-hybridized carbons (Fsp3) is 1.00. The molecule has 0 spiro atoms. The van der Waals surface area contributed by atoms with Crippen LogP contribution < -0.4 is 5.32 Å². The molecule has 0 aromatic carbocycles. The zero-order valence-corrected chi connectivity index (χ0v) is 14.4. The lowest BCUT2D eigenvalue weighted by Gasteiger charge is -2.36. The smallest absolute Gasteiger partial charge is 0.0220 e. The minimum Gasteiger partial charge on any atom is -0.312 e. The van der Waals surface area contributed by atoms with Gasteiger partial charge in [0.15, 0.2) is 0 Å². The molecule has 2 aliphatic rings. The van der Waals surface area contributed by atoms with E-state index >= 15 is 0 Å². The number of nitrogens with one attached hydrogen (secondary N) is 1. The van der Waals surface area contributed by atoms with Gasteiger partial charge < -0.3 is 5.32 Å². The van der Waals surface area contributed by atoms with Crippen molar-refractivity contribution in [1.82, 2.24) is 10.2 Å². The summed E-state index contributed by atoms with van der Waals surface area (Å²) >= 11 is 0. The molecule has 2 rings (SSSR count). The Morgan fingerprint density at radius 3 is 2.29 bits per heavy atom. The summed E-state index contributed by atoms with van der Waals surface area (Å²) in [5.41, 5.74) is 0. The SMILES string of the molecule is CCCCCCCCCCN1CCCCC1CNC1CC1. The second-order valence-corrected chi connectivity index (χ2v) is 7.34. The molecule has 1 saturated carbocycles. The van der Waals surface area contributed by atoms with Crippen molar-refractivity contribution in [1.29, 1.82) is 0 Å². The van der Waals surface area contributed by atoms with Crippen LogP contribution in [-0.2, 0) is 0 Å². The Morgan fingerprint density at radius 2 is 1.57 bits per heavy atom. The Morgan fingerprint density at radius 1 is 0.857 bits per heavy atom. The van der Waals surface area contributed by atoms with Crippen molar-refractivity contribution in [3.8, 4) is 0 Å². The van der Waals surface area contributed by atoms with Crippen molar-refractivity contribution < 1.29 is 0 Å². The standard InChI is InChI=1S/C19H38N2/c1-2-3-4-5-6-7-8-10-15-21-16-11-9-12-19(21)17-20-18-13-14-18/h18-20H,2-17H2,1H3. The van der Waals surface area contributed by atoms with Crippen LogP contribution in [0.25, 0.3) is 0 Å². The van der Waals surface area contributed by atoms with Gasteiger partial charge in [-0.3, -0.25) is 4.90 Å². The fourth-order valence-corrected chi connectivity index (χ4v) is 3.62. The van der Waals surface area contributed by atoms with Gasteiger partial charge in [0.1, 0.15) is 0 Å². The van der Waals surface area contributed by atoms with E-state index in [2.05, 4.69) is 17.1 Å². The molecule has 1 unspecified atom stereocenters. The van der Waals surface area contributed by atoms with Crippen LogP contribution >= 0.6 is 0 Å². The summed E-state index contributed by atoms with van der Waals surface area (Å²) in [7, 11) is 0. The lowest BCUT2D eigenvalue weighted by molar-refractivity contribution is 0.142. The summed E-state index contributed by atoms with van der Waals surface area (Å²) < 4.78 is 0. The van der Waals surface area contributed by atoms with E-state index in [1.54, 1.807) is 0 Å². The molecule has 124 valence electrons. The van der Waals surface area contributed by atoms with E-state index < -0.39 is 0 Å². The summed E-state index contributed by atoms with van der Waals surface area (Å²) in [5.74, 6) is 0. The zero-order chi connectivity index (χ0) is 14.8. The highest BCUT2D eigenvalue weighted by atomic mass is 15.2. The van der Waals surface area contributed by atoms with E-state index in [1.807, 2.05) is 0 Å². The van der Waals surface area contributed by atoms with Crippen LogP contribution in [0.3, 0.4) is 0 Å². The number of hydrogen-bond donors (Lipinski definition) is 1. The highest BCUT2D eigenvalue weighted by Crippen LogP contribution is 2.21. The number of likely N-dealkylation sites (tertiary alicyclic amines) is 1. The topological polar surface area (TPSA) is 15.3 Å². The van der Waals surface area contributed by atoms with Gasteiger partial charge in [0, 0.05) is 18.6 Å². The third-order valence-electron chi connectivity index (χ3n) is 5.27. The quantitative estimate of drug-likeness (QED) is 0.523. The van der Waals surface area contributed by atoms with Crippen LogP contribution in [0, 0.1) is 0 Å². The van der Waals surface area contributed by atoms with Crippen molar-refractivity contribution in [2.45, 2.75) is 102 Å². The van der Waals surface area contributed by atoms with Gasteiger partial charge in [0.2, 0.25) is 0 Å². The molecule has 0 radical (unpaired) electrons. The molecule has 1 heterocycles. The van der Waals surface area contributed by atoms with Crippen molar-refractivity contribution in [3.05, 3.63) is 0 Å². The van der Waals surface area contributed by atoms with Crippen molar-refractivity contribution in [2.24, 2.45) is 0 Å². The minimum atomic E-state index is 0.837. The number of piperidine rings is 1. The number of hydrogen-bond acceptors (Lipinski definition) is 2. The van der Waals surface area contributed by atoms with Gasteiger partial charge in [-0.05, 0) is 45.2 Å². The Hall–Kier alpha value is -0.0800. The van der Waals surface area contributed by atoms with Gasteiger partial charge in [0.05, 0.1) is 0 Å². The maximum atomic E-state index is 3.74. The first-order chi connectivity index (χ1) is 10.4. The van der Waals surface area contributed by atoms with Crippen LogP contribution in [0.15, 0.2) is 0 Å². The molecule has 21 heavy (non-hydrogen) atoms. The molecule has 2 fully saturated rings. The van der Waals surface area contributed by atoms with E-state index in [-0.39, 0.29) is 0 Å². The second-order valence-electron chi connectivity index (χ2n) is 7.34. The predicted molar refractivity (Wildman–Crippen MR) is 92.8 cm³/mol. The van der Waals surface area contributed by atoms with Crippen LogP contribution in [-0.4, -0.2) is 36.6 Å². The molecule has 1 N–H and O–H groups in total. The van der Waals surface area contributed by atoms with Gasteiger partial charge in [-0.15, -0.1) is 0 Å². The molecule has 0 aromatic rings. The van der Waals surface area contributed by atoms with E-state index in [1.165, 1.54) is 103 Å². The molecule has 1 atom stereocenters. The molecular formula is C19H38N2. The molecule has 2 nitrogen and oxygen atoms in total. The van der Waals surface area contributed by atoms with Crippen LogP contribution in [0.2, 0.25) is 0 Å². The van der Waals surface area contributed by atoms with Crippen LogP contribution in [0.4, 0.5) is 0 Å². The third-order valence-corrected chi connectivity index (χ3v) is 5.27. The van der Waals surface area contributed by atoms with E-state index in [4.69, 9.17) is 0 Å².